The molecule has 92 valence electrons. The molecule has 1 aromatic rings. The van der Waals surface area contributed by atoms with Gasteiger partial charge in [0.2, 0.25) is 5.91 Å². The quantitative estimate of drug-likeness (QED) is 0.847. The molecule has 0 saturated heterocycles. The Morgan fingerprint density at radius 3 is 2.76 bits per heavy atom. The lowest BCUT2D eigenvalue weighted by Gasteiger charge is -2.32. The van der Waals surface area contributed by atoms with Crippen molar-refractivity contribution in [1.29, 1.82) is 0 Å². The Labute approximate surface area is 103 Å². The predicted octanol–water partition coefficient (Wildman–Crippen LogP) is 1.95. The number of carbonyl (C=O) groups excluding carboxylic acids is 1. The number of nitrogens with zero attached hydrogens (tertiary/aromatic N) is 1. The van der Waals surface area contributed by atoms with Gasteiger partial charge in [-0.25, -0.2) is 0 Å². The monoisotopic (exact) mass is 232 g/mol. The molecule has 0 aliphatic carbocycles. The summed E-state index contributed by atoms with van der Waals surface area (Å²) in [6, 6.07) is 7.71. The molecule has 0 radical (unpaired) electrons. The van der Waals surface area contributed by atoms with Crippen molar-refractivity contribution in [1.82, 2.24) is 0 Å². The van der Waals surface area contributed by atoms with Crippen molar-refractivity contribution in [2.75, 3.05) is 11.4 Å². The van der Waals surface area contributed by atoms with Crippen molar-refractivity contribution < 1.29 is 4.79 Å². The second-order valence-corrected chi connectivity index (χ2v) is 4.99. The van der Waals surface area contributed by atoms with E-state index in [0.29, 0.717) is 0 Å². The van der Waals surface area contributed by atoms with Crippen molar-refractivity contribution >= 4 is 11.6 Å². The highest BCUT2D eigenvalue weighted by Gasteiger charge is 2.27. The summed E-state index contributed by atoms with van der Waals surface area (Å²) in [6.45, 7) is 4.76. The van der Waals surface area contributed by atoms with Gasteiger partial charge < -0.3 is 10.6 Å². The van der Waals surface area contributed by atoms with Gasteiger partial charge >= 0.3 is 0 Å². The number of hydrogen-bond acceptors (Lipinski definition) is 2. The first-order valence-corrected chi connectivity index (χ1v) is 6.26. The molecular weight excluding hydrogens is 212 g/mol. The molecule has 3 nitrogen and oxygen atoms in total. The Kier molecular flexibility index (Phi) is 3.48. The molecule has 1 heterocycles. The predicted molar refractivity (Wildman–Crippen MR) is 69.9 cm³/mol. The maximum absolute atomic E-state index is 12.3. The van der Waals surface area contributed by atoms with Crippen LogP contribution < -0.4 is 10.6 Å². The van der Waals surface area contributed by atoms with Crippen LogP contribution in [0.1, 0.15) is 25.8 Å². The van der Waals surface area contributed by atoms with Crippen LogP contribution in [0.4, 0.5) is 5.69 Å². The number of anilines is 1. The van der Waals surface area contributed by atoms with E-state index < -0.39 is 6.04 Å². The van der Waals surface area contributed by atoms with Crippen LogP contribution in [0.3, 0.4) is 0 Å². The molecule has 1 aliphatic rings. The normalized spacial score (nSPS) is 16.8. The Morgan fingerprint density at radius 2 is 2.06 bits per heavy atom. The topological polar surface area (TPSA) is 46.3 Å². The van der Waals surface area contributed by atoms with Gasteiger partial charge in [0.05, 0.1) is 6.04 Å². The van der Waals surface area contributed by atoms with Crippen LogP contribution in [-0.2, 0) is 11.2 Å². The van der Waals surface area contributed by atoms with Crippen molar-refractivity contribution in [3.8, 4) is 0 Å². The van der Waals surface area contributed by atoms with Gasteiger partial charge in [0.25, 0.3) is 0 Å². The van der Waals surface area contributed by atoms with Gasteiger partial charge in [0, 0.05) is 12.2 Å². The lowest BCUT2D eigenvalue weighted by molar-refractivity contribution is -0.120. The number of hydrogen-bond donors (Lipinski definition) is 1. The third-order valence-electron chi connectivity index (χ3n) is 3.38. The van der Waals surface area contributed by atoms with Crippen LogP contribution in [0.2, 0.25) is 0 Å². The van der Waals surface area contributed by atoms with Crippen LogP contribution in [0, 0.1) is 5.92 Å². The summed E-state index contributed by atoms with van der Waals surface area (Å²) >= 11 is 0. The minimum absolute atomic E-state index is 0.0483. The molecule has 0 fully saturated rings. The molecule has 1 aliphatic heterocycles. The van der Waals surface area contributed by atoms with Crippen molar-refractivity contribution in [3.63, 3.8) is 0 Å². The van der Waals surface area contributed by atoms with Gasteiger partial charge in [-0.1, -0.05) is 32.0 Å². The number of aryl methyl sites for hydroxylation is 1. The summed E-state index contributed by atoms with van der Waals surface area (Å²) in [5.41, 5.74) is 8.25. The van der Waals surface area contributed by atoms with E-state index in [0.717, 1.165) is 25.1 Å². The third-order valence-corrected chi connectivity index (χ3v) is 3.38. The third kappa shape index (κ3) is 2.34. The van der Waals surface area contributed by atoms with Crippen molar-refractivity contribution in [2.45, 2.75) is 32.7 Å². The molecule has 2 rings (SSSR count). The second kappa shape index (κ2) is 4.88. The standard InChI is InChI=1S/C14H20N2O/c1-10(2)13(15)14(17)16-9-5-7-11-6-3-4-8-12(11)16/h3-4,6,8,10,13H,5,7,9,15H2,1-2H3. The summed E-state index contributed by atoms with van der Waals surface area (Å²) in [4.78, 5) is 14.2. The number of nitrogens with two attached hydrogens (primary N) is 1. The molecule has 1 atom stereocenters. The molecule has 1 aromatic carbocycles. The first-order valence-electron chi connectivity index (χ1n) is 6.26. The highest BCUT2D eigenvalue weighted by molar-refractivity contribution is 5.98. The fourth-order valence-corrected chi connectivity index (χ4v) is 2.23. The zero-order chi connectivity index (χ0) is 12.4. The van der Waals surface area contributed by atoms with Crippen LogP contribution in [0.25, 0.3) is 0 Å². The first kappa shape index (κ1) is 12.1. The SMILES string of the molecule is CC(C)C(N)C(=O)N1CCCc2ccccc21. The molecule has 0 spiro atoms. The summed E-state index contributed by atoms with van der Waals surface area (Å²) in [6.07, 6.45) is 2.07. The minimum atomic E-state index is -0.402. The lowest BCUT2D eigenvalue weighted by atomic mass is 9.98. The van der Waals surface area contributed by atoms with Gasteiger partial charge in [-0.2, -0.15) is 0 Å². The summed E-state index contributed by atoms with van der Waals surface area (Å²) < 4.78 is 0. The highest BCUT2D eigenvalue weighted by atomic mass is 16.2. The van der Waals surface area contributed by atoms with Crippen LogP contribution in [-0.4, -0.2) is 18.5 Å². The van der Waals surface area contributed by atoms with E-state index in [1.54, 1.807) is 0 Å². The smallest absolute Gasteiger partial charge is 0.244 e. The number of carbonyl (C=O) groups is 1. The molecule has 2 N–H and O–H groups in total. The zero-order valence-corrected chi connectivity index (χ0v) is 10.5. The number of rotatable bonds is 2. The maximum Gasteiger partial charge on any atom is 0.244 e. The Bertz CT molecular complexity index is 414. The molecule has 0 aromatic heterocycles. The van der Waals surface area contributed by atoms with Gasteiger partial charge in [0.1, 0.15) is 0 Å². The molecular formula is C14H20N2O. The van der Waals surface area contributed by atoms with Crippen LogP contribution >= 0.6 is 0 Å². The average Bonchev–Trinajstić information content (AvgIpc) is 2.36. The number of amides is 1. The second-order valence-electron chi connectivity index (χ2n) is 4.99. The van der Waals surface area contributed by atoms with Crippen molar-refractivity contribution in [3.05, 3.63) is 29.8 Å². The maximum atomic E-state index is 12.3. The molecule has 3 heteroatoms. The zero-order valence-electron chi connectivity index (χ0n) is 10.5. The van der Waals surface area contributed by atoms with E-state index in [2.05, 4.69) is 6.07 Å². The first-order chi connectivity index (χ1) is 8.11. The lowest BCUT2D eigenvalue weighted by Crippen LogP contribution is -2.48. The number of benzene rings is 1. The van der Waals surface area contributed by atoms with Crippen LogP contribution in [0.5, 0.6) is 0 Å². The molecule has 1 unspecified atom stereocenters. The molecule has 1 amide bonds. The summed E-state index contributed by atoms with van der Waals surface area (Å²) in [5.74, 6) is 0.226. The van der Waals surface area contributed by atoms with Gasteiger partial charge in [-0.05, 0) is 30.4 Å². The van der Waals surface area contributed by atoms with E-state index >= 15 is 0 Å². The summed E-state index contributed by atoms with van der Waals surface area (Å²) in [7, 11) is 0. The van der Waals surface area contributed by atoms with E-state index in [-0.39, 0.29) is 11.8 Å². The number of fused-ring (bicyclic) bond motifs is 1. The Hall–Kier alpha value is -1.35. The fourth-order valence-electron chi connectivity index (χ4n) is 2.23. The van der Waals surface area contributed by atoms with Crippen LogP contribution in [0.15, 0.2) is 24.3 Å². The van der Waals surface area contributed by atoms with E-state index in [1.165, 1.54) is 5.56 Å². The Morgan fingerprint density at radius 1 is 1.35 bits per heavy atom. The van der Waals surface area contributed by atoms with E-state index in [4.69, 9.17) is 5.73 Å². The fraction of sp³-hybridized carbons (Fsp3) is 0.500. The van der Waals surface area contributed by atoms with Gasteiger partial charge in [-0.3, -0.25) is 4.79 Å². The Balaban J connectivity index is 2.27. The molecule has 0 bridgehead atoms. The molecule has 0 saturated carbocycles. The average molecular weight is 232 g/mol. The number of para-hydroxylation sites is 1. The molecule has 17 heavy (non-hydrogen) atoms. The van der Waals surface area contributed by atoms with E-state index in [1.807, 2.05) is 36.9 Å². The van der Waals surface area contributed by atoms with E-state index in [9.17, 15) is 4.79 Å². The van der Waals surface area contributed by atoms with Gasteiger partial charge in [-0.15, -0.1) is 0 Å². The van der Waals surface area contributed by atoms with Crippen molar-refractivity contribution in [2.24, 2.45) is 11.7 Å². The largest absolute Gasteiger partial charge is 0.320 e. The minimum Gasteiger partial charge on any atom is -0.320 e. The summed E-state index contributed by atoms with van der Waals surface area (Å²) in [5, 5.41) is 0. The highest BCUT2D eigenvalue weighted by Crippen LogP contribution is 2.27. The van der Waals surface area contributed by atoms with Gasteiger partial charge in [0.15, 0.2) is 0 Å².